The molecule has 0 aliphatic rings. The van der Waals surface area contributed by atoms with Crippen LogP contribution in [0.4, 0.5) is 4.79 Å². The lowest BCUT2D eigenvalue weighted by atomic mass is 10.2. The van der Waals surface area contributed by atoms with Gasteiger partial charge in [-0.2, -0.15) is 0 Å². The van der Waals surface area contributed by atoms with Crippen LogP contribution >= 0.6 is 0 Å². The highest BCUT2D eigenvalue weighted by molar-refractivity contribution is 5.87. The molecular weight excluding hydrogens is 254 g/mol. The molecular formula is C10H15N5O4. The first-order valence-corrected chi connectivity index (χ1v) is 5.50. The number of nitrogens with two attached hydrogens (primary N) is 1. The van der Waals surface area contributed by atoms with E-state index < -0.39 is 30.4 Å². The zero-order chi connectivity index (χ0) is 14.3. The van der Waals surface area contributed by atoms with Crippen LogP contribution in [0.25, 0.3) is 0 Å². The fourth-order valence-electron chi connectivity index (χ4n) is 1.33. The molecule has 3 amide bonds. The highest BCUT2D eigenvalue weighted by atomic mass is 16.4. The van der Waals surface area contributed by atoms with E-state index in [1.165, 1.54) is 0 Å². The van der Waals surface area contributed by atoms with Crippen LogP contribution in [-0.2, 0) is 16.1 Å². The van der Waals surface area contributed by atoms with Crippen molar-refractivity contribution in [2.75, 3.05) is 6.54 Å². The van der Waals surface area contributed by atoms with Gasteiger partial charge in [-0.05, 0) is 0 Å². The molecule has 0 radical (unpaired) electrons. The van der Waals surface area contributed by atoms with Crippen LogP contribution in [0.1, 0.15) is 6.42 Å². The largest absolute Gasteiger partial charge is 0.480 e. The van der Waals surface area contributed by atoms with Crippen LogP contribution in [0.3, 0.4) is 0 Å². The van der Waals surface area contributed by atoms with Gasteiger partial charge in [0.2, 0.25) is 5.91 Å². The van der Waals surface area contributed by atoms with Gasteiger partial charge in [0.15, 0.2) is 0 Å². The van der Waals surface area contributed by atoms with Crippen molar-refractivity contribution in [1.82, 2.24) is 20.2 Å². The molecule has 9 heteroatoms. The maximum Gasteiger partial charge on any atom is 0.326 e. The lowest BCUT2D eigenvalue weighted by Crippen LogP contribution is -2.48. The molecule has 0 spiro atoms. The number of primary amides is 1. The van der Waals surface area contributed by atoms with Gasteiger partial charge in [0.1, 0.15) is 6.04 Å². The molecule has 0 aliphatic heterocycles. The van der Waals surface area contributed by atoms with E-state index in [1.807, 2.05) is 0 Å². The highest BCUT2D eigenvalue weighted by Crippen LogP contribution is 1.91. The first-order chi connectivity index (χ1) is 8.99. The monoisotopic (exact) mass is 269 g/mol. The number of aliphatic carboxylic acids is 1. The van der Waals surface area contributed by atoms with E-state index >= 15 is 0 Å². The van der Waals surface area contributed by atoms with E-state index in [9.17, 15) is 14.4 Å². The summed E-state index contributed by atoms with van der Waals surface area (Å²) in [6.45, 7) is 0.798. The van der Waals surface area contributed by atoms with Crippen LogP contribution in [0.5, 0.6) is 0 Å². The van der Waals surface area contributed by atoms with Crippen molar-refractivity contribution in [2.24, 2.45) is 5.73 Å². The number of imidazole rings is 1. The molecule has 0 bridgehead atoms. The van der Waals surface area contributed by atoms with Gasteiger partial charge in [0, 0.05) is 25.5 Å². The topological polar surface area (TPSA) is 139 Å². The molecule has 0 unspecified atom stereocenters. The molecule has 19 heavy (non-hydrogen) atoms. The second-order valence-corrected chi connectivity index (χ2v) is 3.76. The first kappa shape index (κ1) is 14.5. The Morgan fingerprint density at radius 1 is 1.42 bits per heavy atom. The summed E-state index contributed by atoms with van der Waals surface area (Å²) >= 11 is 0. The van der Waals surface area contributed by atoms with Gasteiger partial charge in [-0.25, -0.2) is 14.6 Å². The standard InChI is InChI=1S/C10H15N5O4/c11-8(16)5-7(9(17)18)14-10(19)13-2-4-15-3-1-12-6-15/h1,3,6-7H,2,4-5H2,(H2,11,16)(H,17,18)(H2,13,14,19)/t7-/m1/s1. The summed E-state index contributed by atoms with van der Waals surface area (Å²) < 4.78 is 1.75. The Labute approximate surface area is 108 Å². The number of urea groups is 1. The van der Waals surface area contributed by atoms with Crippen molar-refractivity contribution in [3.8, 4) is 0 Å². The summed E-state index contributed by atoms with van der Waals surface area (Å²) in [6.07, 6.45) is 4.47. The highest BCUT2D eigenvalue weighted by Gasteiger charge is 2.21. The van der Waals surface area contributed by atoms with E-state index in [0.717, 1.165) is 0 Å². The molecule has 1 rings (SSSR count). The number of carbonyl (C=O) groups is 3. The van der Waals surface area contributed by atoms with Crippen LogP contribution in [-0.4, -0.2) is 45.2 Å². The summed E-state index contributed by atoms with van der Waals surface area (Å²) in [4.78, 5) is 36.6. The molecule has 5 N–H and O–H groups in total. The van der Waals surface area contributed by atoms with Crippen LogP contribution in [0.2, 0.25) is 0 Å². The molecule has 1 aromatic heterocycles. The Kier molecular flexibility index (Phi) is 5.33. The Hall–Kier alpha value is -2.58. The third-order valence-corrected chi connectivity index (χ3v) is 2.22. The summed E-state index contributed by atoms with van der Waals surface area (Å²) in [7, 11) is 0. The Morgan fingerprint density at radius 2 is 2.16 bits per heavy atom. The van der Waals surface area contributed by atoms with Gasteiger partial charge in [-0.15, -0.1) is 0 Å². The maximum atomic E-state index is 11.4. The van der Waals surface area contributed by atoms with E-state index in [2.05, 4.69) is 15.6 Å². The minimum atomic E-state index is -1.33. The smallest absolute Gasteiger partial charge is 0.326 e. The normalized spacial score (nSPS) is 11.6. The van der Waals surface area contributed by atoms with Gasteiger partial charge in [0.25, 0.3) is 0 Å². The third-order valence-electron chi connectivity index (χ3n) is 2.22. The molecule has 0 fully saturated rings. The first-order valence-electron chi connectivity index (χ1n) is 5.50. The molecule has 9 nitrogen and oxygen atoms in total. The summed E-state index contributed by atoms with van der Waals surface area (Å²) in [5.74, 6) is -2.12. The number of hydrogen-bond acceptors (Lipinski definition) is 4. The van der Waals surface area contributed by atoms with E-state index in [4.69, 9.17) is 10.8 Å². The SMILES string of the molecule is NC(=O)C[C@@H](NC(=O)NCCn1ccnc1)C(=O)O. The number of carbonyl (C=O) groups excluding carboxylic acids is 2. The molecule has 0 saturated heterocycles. The van der Waals surface area contributed by atoms with Gasteiger partial charge in [0.05, 0.1) is 12.7 Å². The maximum absolute atomic E-state index is 11.4. The number of amides is 3. The molecule has 0 aliphatic carbocycles. The van der Waals surface area contributed by atoms with Crippen molar-refractivity contribution >= 4 is 17.9 Å². The molecule has 1 heterocycles. The second-order valence-electron chi connectivity index (χ2n) is 3.76. The number of hydrogen-bond donors (Lipinski definition) is 4. The number of carboxylic acid groups (broad SMARTS) is 1. The number of nitrogens with zero attached hydrogens (tertiary/aromatic N) is 2. The predicted octanol–water partition coefficient (Wildman–Crippen LogP) is -1.49. The number of rotatable bonds is 7. The fourth-order valence-corrected chi connectivity index (χ4v) is 1.33. The second kappa shape index (κ2) is 6.99. The van der Waals surface area contributed by atoms with E-state index in [-0.39, 0.29) is 0 Å². The van der Waals surface area contributed by atoms with Crippen molar-refractivity contribution in [3.63, 3.8) is 0 Å². The van der Waals surface area contributed by atoms with Gasteiger partial charge in [-0.1, -0.05) is 0 Å². The van der Waals surface area contributed by atoms with Crippen molar-refractivity contribution < 1.29 is 19.5 Å². The third kappa shape index (κ3) is 5.52. The number of aromatic nitrogens is 2. The zero-order valence-electron chi connectivity index (χ0n) is 10.1. The molecule has 1 atom stereocenters. The molecule has 0 aromatic carbocycles. The molecule has 104 valence electrons. The summed E-state index contributed by atoms with van der Waals surface area (Å²) in [5.41, 5.74) is 4.89. The Balaban J connectivity index is 2.32. The number of nitrogens with one attached hydrogen (secondary N) is 2. The van der Waals surface area contributed by atoms with E-state index in [0.29, 0.717) is 13.1 Å². The zero-order valence-corrected chi connectivity index (χ0v) is 10.1. The lowest BCUT2D eigenvalue weighted by molar-refractivity contribution is -0.140. The Morgan fingerprint density at radius 3 is 2.68 bits per heavy atom. The lowest BCUT2D eigenvalue weighted by Gasteiger charge is -2.13. The Bertz CT molecular complexity index is 445. The summed E-state index contributed by atoms with van der Waals surface area (Å²) in [5, 5.41) is 13.4. The van der Waals surface area contributed by atoms with E-state index in [1.54, 1.807) is 23.3 Å². The van der Waals surface area contributed by atoms with Gasteiger partial charge < -0.3 is 26.0 Å². The van der Waals surface area contributed by atoms with Crippen LogP contribution in [0.15, 0.2) is 18.7 Å². The average Bonchev–Trinajstić information content (AvgIpc) is 2.80. The summed E-state index contributed by atoms with van der Waals surface area (Å²) in [6, 6.07) is -2.00. The number of carboxylic acids is 1. The predicted molar refractivity (Wildman–Crippen MR) is 64.0 cm³/mol. The van der Waals surface area contributed by atoms with Crippen molar-refractivity contribution in [2.45, 2.75) is 19.0 Å². The minimum absolute atomic E-state index is 0.297. The van der Waals surface area contributed by atoms with Crippen molar-refractivity contribution in [3.05, 3.63) is 18.7 Å². The molecule has 0 saturated carbocycles. The minimum Gasteiger partial charge on any atom is -0.480 e. The fraction of sp³-hybridized carbons (Fsp3) is 0.400. The molecule has 1 aromatic rings. The average molecular weight is 269 g/mol. The van der Waals surface area contributed by atoms with Gasteiger partial charge >= 0.3 is 12.0 Å². The van der Waals surface area contributed by atoms with Crippen LogP contribution < -0.4 is 16.4 Å². The van der Waals surface area contributed by atoms with Crippen molar-refractivity contribution in [1.29, 1.82) is 0 Å². The van der Waals surface area contributed by atoms with Gasteiger partial charge in [-0.3, -0.25) is 4.79 Å². The quantitative estimate of drug-likeness (QED) is 0.477. The van der Waals surface area contributed by atoms with Crippen LogP contribution in [0, 0.1) is 0 Å².